The lowest BCUT2D eigenvalue weighted by Crippen LogP contribution is -1.96. The van der Waals surface area contributed by atoms with Gasteiger partial charge < -0.3 is 10.5 Å². The van der Waals surface area contributed by atoms with E-state index in [4.69, 9.17) is 33.7 Å². The van der Waals surface area contributed by atoms with Crippen molar-refractivity contribution in [3.8, 4) is 11.6 Å². The lowest BCUT2D eigenvalue weighted by molar-refractivity contribution is -0.384. The molecule has 19 heavy (non-hydrogen) atoms. The fourth-order valence-corrected chi connectivity index (χ4v) is 1.79. The SMILES string of the molecule is Nc1ccc(Oc2c(Cl)cc([N+](=O)[O-])cc2Cl)nn1. The first kappa shape index (κ1) is 13.3. The molecule has 1 aromatic heterocycles. The molecule has 0 amide bonds. The van der Waals surface area contributed by atoms with Crippen LogP contribution in [0.25, 0.3) is 0 Å². The van der Waals surface area contributed by atoms with E-state index >= 15 is 0 Å². The Bertz CT molecular complexity index is 610. The van der Waals surface area contributed by atoms with E-state index in [0.29, 0.717) is 0 Å². The quantitative estimate of drug-likeness (QED) is 0.690. The fourth-order valence-electron chi connectivity index (χ4n) is 1.24. The molecule has 2 rings (SSSR count). The fraction of sp³-hybridized carbons (Fsp3) is 0. The highest BCUT2D eigenvalue weighted by atomic mass is 35.5. The summed E-state index contributed by atoms with van der Waals surface area (Å²) in [5.41, 5.74) is 5.15. The molecule has 0 saturated heterocycles. The smallest absolute Gasteiger partial charge is 0.272 e. The van der Waals surface area contributed by atoms with Gasteiger partial charge in [0, 0.05) is 18.2 Å². The molecule has 0 spiro atoms. The van der Waals surface area contributed by atoms with E-state index in [1.807, 2.05) is 0 Å². The summed E-state index contributed by atoms with van der Waals surface area (Å²) in [5.74, 6) is 0.410. The Morgan fingerprint density at radius 1 is 1.21 bits per heavy atom. The number of nitrogen functional groups attached to an aromatic ring is 1. The van der Waals surface area contributed by atoms with Crippen LogP contribution in [-0.2, 0) is 0 Å². The summed E-state index contributed by atoms with van der Waals surface area (Å²) >= 11 is 11.7. The molecule has 0 aliphatic heterocycles. The summed E-state index contributed by atoms with van der Waals surface area (Å²) in [5, 5.41) is 17.9. The number of nitrogens with two attached hydrogens (primary N) is 1. The number of hydrogen-bond donors (Lipinski definition) is 1. The van der Waals surface area contributed by atoms with Crippen LogP contribution >= 0.6 is 23.2 Å². The van der Waals surface area contributed by atoms with Gasteiger partial charge in [-0.25, -0.2) is 0 Å². The first-order valence-electron chi connectivity index (χ1n) is 4.88. The van der Waals surface area contributed by atoms with Crippen LogP contribution in [0.15, 0.2) is 24.3 Å². The number of nitrogens with zero attached hydrogens (tertiary/aromatic N) is 3. The maximum absolute atomic E-state index is 10.6. The average molecular weight is 301 g/mol. The zero-order chi connectivity index (χ0) is 14.0. The lowest BCUT2D eigenvalue weighted by Gasteiger charge is -2.07. The van der Waals surface area contributed by atoms with Crippen molar-refractivity contribution in [1.82, 2.24) is 10.2 Å². The summed E-state index contributed by atoms with van der Waals surface area (Å²) in [6, 6.07) is 5.22. The number of non-ortho nitro benzene ring substituents is 1. The van der Waals surface area contributed by atoms with E-state index < -0.39 is 4.92 Å². The largest absolute Gasteiger partial charge is 0.434 e. The van der Waals surface area contributed by atoms with Gasteiger partial charge in [-0.2, -0.15) is 0 Å². The van der Waals surface area contributed by atoms with Gasteiger partial charge in [0.1, 0.15) is 5.82 Å². The van der Waals surface area contributed by atoms with E-state index in [9.17, 15) is 10.1 Å². The predicted molar refractivity (Wildman–Crippen MR) is 69.6 cm³/mol. The Morgan fingerprint density at radius 3 is 2.32 bits per heavy atom. The van der Waals surface area contributed by atoms with Crippen LogP contribution in [0.1, 0.15) is 0 Å². The molecule has 2 N–H and O–H groups in total. The maximum Gasteiger partial charge on any atom is 0.272 e. The summed E-state index contributed by atoms with van der Waals surface area (Å²) in [6.07, 6.45) is 0. The van der Waals surface area contributed by atoms with Crippen LogP contribution < -0.4 is 10.5 Å². The monoisotopic (exact) mass is 300 g/mol. The lowest BCUT2D eigenvalue weighted by atomic mass is 10.3. The van der Waals surface area contributed by atoms with E-state index in [-0.39, 0.29) is 33.2 Å². The van der Waals surface area contributed by atoms with Gasteiger partial charge in [0.05, 0.1) is 15.0 Å². The molecule has 1 aromatic carbocycles. The van der Waals surface area contributed by atoms with Gasteiger partial charge in [-0.15, -0.1) is 10.2 Å². The molecule has 2 aromatic rings. The summed E-state index contributed by atoms with van der Waals surface area (Å²) in [7, 11) is 0. The number of nitro groups is 1. The molecule has 0 aliphatic rings. The second-order valence-electron chi connectivity index (χ2n) is 3.39. The van der Waals surface area contributed by atoms with Gasteiger partial charge in [-0.3, -0.25) is 10.1 Å². The van der Waals surface area contributed by atoms with Gasteiger partial charge in [0.15, 0.2) is 5.75 Å². The maximum atomic E-state index is 10.6. The highest BCUT2D eigenvalue weighted by Gasteiger charge is 2.16. The van der Waals surface area contributed by atoms with Crippen molar-refractivity contribution < 1.29 is 9.66 Å². The van der Waals surface area contributed by atoms with Gasteiger partial charge in [-0.1, -0.05) is 23.2 Å². The minimum absolute atomic E-state index is 0.00201. The highest BCUT2D eigenvalue weighted by Crippen LogP contribution is 2.38. The molecule has 0 unspecified atom stereocenters. The van der Waals surface area contributed by atoms with Crippen LogP contribution in [0.2, 0.25) is 10.0 Å². The zero-order valence-corrected chi connectivity index (χ0v) is 10.7. The minimum atomic E-state index is -0.607. The molecule has 0 bridgehead atoms. The molecular formula is C10H6Cl2N4O3. The first-order chi connectivity index (χ1) is 8.97. The Labute approximate surface area is 117 Å². The van der Waals surface area contributed by atoms with Crippen molar-refractivity contribution in [1.29, 1.82) is 0 Å². The van der Waals surface area contributed by atoms with Crippen LogP contribution in [0, 0.1) is 10.1 Å². The van der Waals surface area contributed by atoms with Crippen LogP contribution in [-0.4, -0.2) is 15.1 Å². The van der Waals surface area contributed by atoms with Gasteiger partial charge in [0.25, 0.3) is 5.69 Å². The highest BCUT2D eigenvalue weighted by molar-refractivity contribution is 6.37. The molecule has 0 atom stereocenters. The minimum Gasteiger partial charge on any atom is -0.434 e. The zero-order valence-electron chi connectivity index (χ0n) is 9.21. The van der Waals surface area contributed by atoms with Crippen LogP contribution in [0.4, 0.5) is 11.5 Å². The van der Waals surface area contributed by atoms with E-state index in [2.05, 4.69) is 10.2 Å². The molecule has 1 heterocycles. The number of hydrogen-bond acceptors (Lipinski definition) is 6. The van der Waals surface area contributed by atoms with Crippen molar-refractivity contribution in [2.45, 2.75) is 0 Å². The number of ether oxygens (including phenoxy) is 1. The Balaban J connectivity index is 2.35. The summed E-state index contributed by atoms with van der Waals surface area (Å²) in [6.45, 7) is 0. The van der Waals surface area contributed by atoms with Crippen molar-refractivity contribution in [3.05, 3.63) is 44.4 Å². The Morgan fingerprint density at radius 2 is 1.84 bits per heavy atom. The van der Waals surface area contributed by atoms with Gasteiger partial charge >= 0.3 is 0 Å². The standard InChI is InChI=1S/C10H6Cl2N4O3/c11-6-3-5(16(17)18)4-7(12)10(6)19-9-2-1-8(13)14-15-9/h1-4H,(H2,13,14). The second-order valence-corrected chi connectivity index (χ2v) is 4.21. The molecular weight excluding hydrogens is 295 g/mol. The van der Waals surface area contributed by atoms with E-state index in [1.165, 1.54) is 12.1 Å². The molecule has 98 valence electrons. The number of benzene rings is 1. The van der Waals surface area contributed by atoms with Crippen LogP contribution in [0.5, 0.6) is 11.6 Å². The number of halogens is 2. The predicted octanol–water partition coefficient (Wildman–Crippen LogP) is 3.07. The third-order valence-electron chi connectivity index (χ3n) is 2.06. The summed E-state index contributed by atoms with van der Waals surface area (Å²) < 4.78 is 5.31. The second kappa shape index (κ2) is 5.25. The number of rotatable bonds is 3. The number of nitro benzene ring substituents is 1. The molecule has 0 radical (unpaired) electrons. The average Bonchev–Trinajstić information content (AvgIpc) is 2.35. The summed E-state index contributed by atoms with van der Waals surface area (Å²) in [4.78, 5) is 10.0. The normalized spacial score (nSPS) is 10.2. The number of aromatic nitrogens is 2. The topological polar surface area (TPSA) is 104 Å². The van der Waals surface area contributed by atoms with Crippen molar-refractivity contribution in [3.63, 3.8) is 0 Å². The Hall–Kier alpha value is -2.12. The van der Waals surface area contributed by atoms with Gasteiger partial charge in [-0.05, 0) is 6.07 Å². The third kappa shape index (κ3) is 3.01. The van der Waals surface area contributed by atoms with Crippen LogP contribution in [0.3, 0.4) is 0 Å². The van der Waals surface area contributed by atoms with Gasteiger partial charge in [0.2, 0.25) is 5.88 Å². The van der Waals surface area contributed by atoms with E-state index in [1.54, 1.807) is 0 Å². The molecule has 9 heteroatoms. The molecule has 7 nitrogen and oxygen atoms in total. The Kier molecular flexibility index (Phi) is 3.68. The first-order valence-corrected chi connectivity index (χ1v) is 5.63. The number of anilines is 1. The third-order valence-corrected chi connectivity index (χ3v) is 2.62. The molecule has 0 fully saturated rings. The van der Waals surface area contributed by atoms with Crippen molar-refractivity contribution >= 4 is 34.7 Å². The van der Waals surface area contributed by atoms with E-state index in [0.717, 1.165) is 12.1 Å². The van der Waals surface area contributed by atoms with Crippen molar-refractivity contribution in [2.75, 3.05) is 5.73 Å². The van der Waals surface area contributed by atoms with Crippen molar-refractivity contribution in [2.24, 2.45) is 0 Å². The molecule has 0 saturated carbocycles. The molecule has 0 aliphatic carbocycles.